The normalized spacial score (nSPS) is 26.8. The molecule has 2 bridgehead atoms. The van der Waals surface area contributed by atoms with Crippen LogP contribution in [0, 0.1) is 0 Å². The quantitative estimate of drug-likeness (QED) is 0.751. The topological polar surface area (TPSA) is 3.24 Å². The van der Waals surface area contributed by atoms with Crippen LogP contribution in [0.15, 0.2) is 61.2 Å². The van der Waals surface area contributed by atoms with Crippen molar-refractivity contribution in [3.05, 3.63) is 83.4 Å². The Hall–Kier alpha value is -1.86. The summed E-state index contributed by atoms with van der Waals surface area (Å²) in [5.74, 6) is 0. The predicted molar refractivity (Wildman–Crippen MR) is 87.4 cm³/mol. The van der Waals surface area contributed by atoms with Crippen LogP contribution in [-0.2, 0) is 18.4 Å². The Morgan fingerprint density at radius 1 is 1.05 bits per heavy atom. The first-order valence-electron chi connectivity index (χ1n) is 7.79. The lowest BCUT2D eigenvalue weighted by atomic mass is 9.68. The molecule has 0 aromatic heterocycles. The maximum Gasteiger partial charge on any atom is 0.0697 e. The van der Waals surface area contributed by atoms with E-state index in [1.165, 1.54) is 22.3 Å². The van der Waals surface area contributed by atoms with Gasteiger partial charge in [0.15, 0.2) is 0 Å². The van der Waals surface area contributed by atoms with Crippen molar-refractivity contribution in [1.82, 2.24) is 4.90 Å². The van der Waals surface area contributed by atoms with Gasteiger partial charge in [-0.05, 0) is 42.0 Å². The summed E-state index contributed by atoms with van der Waals surface area (Å²) in [6.07, 6.45) is 4.34. The molecule has 1 nitrogen and oxygen atoms in total. The average Bonchev–Trinajstić information content (AvgIpc) is 2.50. The lowest BCUT2D eigenvalue weighted by Crippen LogP contribution is -2.58. The highest BCUT2D eigenvalue weighted by atomic mass is 15.2. The van der Waals surface area contributed by atoms with E-state index >= 15 is 0 Å². The van der Waals surface area contributed by atoms with E-state index in [0.29, 0.717) is 6.04 Å². The van der Waals surface area contributed by atoms with Crippen LogP contribution in [0.1, 0.15) is 29.2 Å². The minimum absolute atomic E-state index is 0.0253. The van der Waals surface area contributed by atoms with Crippen molar-refractivity contribution in [3.63, 3.8) is 0 Å². The molecular formula is C20H21N. The van der Waals surface area contributed by atoms with E-state index in [4.69, 9.17) is 0 Å². The molecule has 2 heterocycles. The van der Waals surface area contributed by atoms with Crippen molar-refractivity contribution in [1.29, 1.82) is 0 Å². The van der Waals surface area contributed by atoms with Gasteiger partial charge in [-0.3, -0.25) is 4.90 Å². The second-order valence-corrected chi connectivity index (χ2v) is 6.39. The Kier molecular flexibility index (Phi) is 2.80. The summed E-state index contributed by atoms with van der Waals surface area (Å²) in [6, 6.07) is 18.5. The molecule has 21 heavy (non-hydrogen) atoms. The Morgan fingerprint density at radius 3 is 2.10 bits per heavy atom. The number of rotatable bonds is 2. The van der Waals surface area contributed by atoms with Gasteiger partial charge in [-0.2, -0.15) is 0 Å². The van der Waals surface area contributed by atoms with Crippen molar-refractivity contribution < 1.29 is 0 Å². The fraction of sp³-hybridized carbons (Fsp3) is 0.300. The van der Waals surface area contributed by atoms with Gasteiger partial charge < -0.3 is 0 Å². The van der Waals surface area contributed by atoms with Crippen LogP contribution >= 0.6 is 0 Å². The molecule has 0 fully saturated rings. The van der Waals surface area contributed by atoms with Gasteiger partial charge in [0, 0.05) is 12.6 Å². The van der Waals surface area contributed by atoms with Crippen LogP contribution in [0.5, 0.6) is 0 Å². The summed E-state index contributed by atoms with van der Waals surface area (Å²) in [4.78, 5) is 2.64. The number of nitrogens with zero attached hydrogens (tertiary/aromatic N) is 1. The molecule has 0 amide bonds. The zero-order valence-corrected chi connectivity index (χ0v) is 12.5. The first-order chi connectivity index (χ1) is 10.2. The van der Waals surface area contributed by atoms with E-state index < -0.39 is 0 Å². The van der Waals surface area contributed by atoms with Crippen molar-refractivity contribution >= 4 is 0 Å². The van der Waals surface area contributed by atoms with Crippen LogP contribution in [0.25, 0.3) is 0 Å². The van der Waals surface area contributed by atoms with Gasteiger partial charge in [-0.15, -0.1) is 6.58 Å². The Labute approximate surface area is 126 Å². The van der Waals surface area contributed by atoms with Gasteiger partial charge in [-0.25, -0.2) is 0 Å². The third-order valence-corrected chi connectivity index (χ3v) is 5.34. The monoisotopic (exact) mass is 275 g/mol. The number of hydrogen-bond acceptors (Lipinski definition) is 1. The summed E-state index contributed by atoms with van der Waals surface area (Å²) in [5.41, 5.74) is 5.94. The molecule has 0 saturated heterocycles. The largest absolute Gasteiger partial charge is 0.283 e. The average molecular weight is 275 g/mol. The van der Waals surface area contributed by atoms with E-state index in [2.05, 4.69) is 66.9 Å². The second-order valence-electron chi connectivity index (χ2n) is 6.39. The van der Waals surface area contributed by atoms with Crippen LogP contribution in [-0.4, -0.2) is 17.5 Å². The zero-order valence-electron chi connectivity index (χ0n) is 12.5. The molecule has 0 atom stereocenters. The second kappa shape index (κ2) is 4.57. The molecule has 106 valence electrons. The lowest BCUT2D eigenvalue weighted by Gasteiger charge is -2.54. The standard InChI is InChI=1S/C20H21N/c1-3-12-21-17-13-15-8-4-6-10-18(15)20(21,2)19-11-7-5-9-16(19)14-17/h3-11,17H,1,12-14H2,2H3. The van der Waals surface area contributed by atoms with Crippen molar-refractivity contribution in [2.24, 2.45) is 0 Å². The van der Waals surface area contributed by atoms with E-state index in [1.54, 1.807) is 0 Å². The number of fused-ring (bicyclic) bond motifs is 6. The predicted octanol–water partition coefficient (Wildman–Crippen LogP) is 3.92. The third-order valence-electron chi connectivity index (χ3n) is 5.34. The first-order valence-corrected chi connectivity index (χ1v) is 7.79. The summed E-state index contributed by atoms with van der Waals surface area (Å²) in [5, 5.41) is 0. The molecule has 2 aliphatic heterocycles. The molecule has 1 heteroatoms. The number of hydrogen-bond donors (Lipinski definition) is 0. The number of benzene rings is 2. The Morgan fingerprint density at radius 2 is 1.57 bits per heavy atom. The van der Waals surface area contributed by atoms with Gasteiger partial charge >= 0.3 is 0 Å². The fourth-order valence-electron chi connectivity index (χ4n) is 4.44. The van der Waals surface area contributed by atoms with Gasteiger partial charge in [0.05, 0.1) is 5.54 Å². The van der Waals surface area contributed by atoms with Gasteiger partial charge in [0.2, 0.25) is 0 Å². The summed E-state index contributed by atoms with van der Waals surface area (Å²) in [7, 11) is 0. The molecule has 0 saturated carbocycles. The highest BCUT2D eigenvalue weighted by Crippen LogP contribution is 2.48. The van der Waals surface area contributed by atoms with E-state index in [0.717, 1.165) is 19.4 Å². The lowest BCUT2D eigenvalue weighted by molar-refractivity contribution is 0.0671. The highest BCUT2D eigenvalue weighted by molar-refractivity contribution is 5.51. The molecule has 0 radical (unpaired) electrons. The van der Waals surface area contributed by atoms with Gasteiger partial charge in [-0.1, -0.05) is 54.6 Å². The van der Waals surface area contributed by atoms with Crippen molar-refractivity contribution in [2.45, 2.75) is 31.3 Å². The SMILES string of the molecule is C=CCN1C2Cc3ccccc3C1(C)c1ccccc1C2. The molecule has 0 aliphatic carbocycles. The third kappa shape index (κ3) is 1.67. The van der Waals surface area contributed by atoms with Gasteiger partial charge in [0.25, 0.3) is 0 Å². The molecule has 0 spiro atoms. The molecular weight excluding hydrogens is 254 g/mol. The molecule has 2 aromatic carbocycles. The Bertz CT molecular complexity index is 651. The molecule has 0 N–H and O–H groups in total. The maximum absolute atomic E-state index is 3.98. The summed E-state index contributed by atoms with van der Waals surface area (Å²) in [6.45, 7) is 7.32. The summed E-state index contributed by atoms with van der Waals surface area (Å²) >= 11 is 0. The van der Waals surface area contributed by atoms with E-state index in [9.17, 15) is 0 Å². The van der Waals surface area contributed by atoms with Crippen LogP contribution in [0.2, 0.25) is 0 Å². The van der Waals surface area contributed by atoms with Crippen molar-refractivity contribution in [3.8, 4) is 0 Å². The van der Waals surface area contributed by atoms with Gasteiger partial charge in [0.1, 0.15) is 0 Å². The zero-order chi connectivity index (χ0) is 14.4. The highest BCUT2D eigenvalue weighted by Gasteiger charge is 2.47. The van der Waals surface area contributed by atoms with Crippen LogP contribution in [0.3, 0.4) is 0 Å². The molecule has 2 aliphatic rings. The minimum Gasteiger partial charge on any atom is -0.283 e. The molecule has 4 rings (SSSR count). The van der Waals surface area contributed by atoms with Crippen LogP contribution < -0.4 is 0 Å². The molecule has 0 unspecified atom stereocenters. The Balaban J connectivity index is 2.01. The van der Waals surface area contributed by atoms with E-state index in [1.807, 2.05) is 6.08 Å². The van der Waals surface area contributed by atoms with Crippen molar-refractivity contribution in [2.75, 3.05) is 6.54 Å². The smallest absolute Gasteiger partial charge is 0.0697 e. The maximum atomic E-state index is 3.98. The summed E-state index contributed by atoms with van der Waals surface area (Å²) < 4.78 is 0. The van der Waals surface area contributed by atoms with Crippen LogP contribution in [0.4, 0.5) is 0 Å². The fourth-order valence-corrected chi connectivity index (χ4v) is 4.44. The van der Waals surface area contributed by atoms with E-state index in [-0.39, 0.29) is 5.54 Å². The molecule has 2 aromatic rings. The first kappa shape index (κ1) is 12.8. The minimum atomic E-state index is -0.0253.